The molecule has 1 aliphatic heterocycles. The summed E-state index contributed by atoms with van der Waals surface area (Å²) >= 11 is 1.33. The van der Waals surface area contributed by atoms with Gasteiger partial charge in [-0.05, 0) is 18.2 Å². The fourth-order valence-corrected chi connectivity index (χ4v) is 3.46. The summed E-state index contributed by atoms with van der Waals surface area (Å²) < 4.78 is 5.68. The number of nitrogens with one attached hydrogen (secondary N) is 1. The lowest BCUT2D eigenvalue weighted by molar-refractivity contribution is -0.384. The van der Waals surface area contributed by atoms with Gasteiger partial charge in [-0.3, -0.25) is 20.2 Å². The monoisotopic (exact) mass is 353 g/mol. The highest BCUT2D eigenvalue weighted by Crippen LogP contribution is 2.40. The predicted molar refractivity (Wildman–Crippen MR) is 92.9 cm³/mol. The summed E-state index contributed by atoms with van der Waals surface area (Å²) in [6.07, 6.45) is 0. The topological polar surface area (TPSA) is 94.4 Å². The van der Waals surface area contributed by atoms with Crippen LogP contribution < -0.4 is 10.1 Å². The van der Waals surface area contributed by atoms with E-state index in [1.54, 1.807) is 0 Å². The van der Waals surface area contributed by atoms with Gasteiger partial charge in [0.05, 0.1) is 15.5 Å². The predicted octanol–water partition coefficient (Wildman–Crippen LogP) is 3.86. The highest BCUT2D eigenvalue weighted by Gasteiger charge is 2.22. The Balaban J connectivity index is 1.61. The maximum atomic E-state index is 12.3. The molecule has 0 spiro atoms. The first-order valence-corrected chi connectivity index (χ1v) is 8.21. The quantitative estimate of drug-likeness (QED) is 0.570. The van der Waals surface area contributed by atoms with Crippen LogP contribution in [0.15, 0.2) is 48.5 Å². The number of nitro groups is 1. The molecule has 7 nitrogen and oxygen atoms in total. The maximum absolute atomic E-state index is 12.3. The number of anilines is 1. The summed E-state index contributed by atoms with van der Waals surface area (Å²) in [4.78, 5) is 28.1. The second kappa shape index (κ2) is 5.99. The van der Waals surface area contributed by atoms with Gasteiger partial charge >= 0.3 is 0 Å². The minimum atomic E-state index is -0.535. The molecule has 0 unspecified atom stereocenters. The summed E-state index contributed by atoms with van der Waals surface area (Å²) in [6.45, 7) is 0.399. The van der Waals surface area contributed by atoms with Gasteiger partial charge in [-0.1, -0.05) is 29.5 Å². The molecule has 0 radical (unpaired) electrons. The first-order chi connectivity index (χ1) is 12.1. The second-order valence-electron chi connectivity index (χ2n) is 5.34. The van der Waals surface area contributed by atoms with Crippen molar-refractivity contribution >= 4 is 28.1 Å². The Kier molecular flexibility index (Phi) is 3.66. The molecular weight excluding hydrogens is 342 g/mol. The number of aromatic nitrogens is 1. The third-order valence-corrected chi connectivity index (χ3v) is 4.68. The number of para-hydroxylation sites is 1. The number of benzene rings is 2. The van der Waals surface area contributed by atoms with E-state index in [9.17, 15) is 14.9 Å². The highest BCUT2D eigenvalue weighted by molar-refractivity contribution is 7.16. The van der Waals surface area contributed by atoms with Gasteiger partial charge in [0.15, 0.2) is 5.13 Å². The number of rotatable bonds is 3. The van der Waals surface area contributed by atoms with Crippen molar-refractivity contribution in [2.24, 2.45) is 0 Å². The van der Waals surface area contributed by atoms with Crippen LogP contribution in [0.25, 0.3) is 11.3 Å². The van der Waals surface area contributed by atoms with Gasteiger partial charge in [0.1, 0.15) is 12.4 Å². The molecule has 1 amide bonds. The molecular formula is C17H11N3O4S. The molecule has 2 aromatic carbocycles. The number of hydrogen-bond acceptors (Lipinski definition) is 6. The number of carbonyl (C=O) groups excluding carboxylic acids is 1. The van der Waals surface area contributed by atoms with Crippen molar-refractivity contribution in [1.82, 2.24) is 4.98 Å². The number of nitro benzene ring substituents is 1. The van der Waals surface area contributed by atoms with Crippen molar-refractivity contribution in [2.45, 2.75) is 6.61 Å². The smallest absolute Gasteiger partial charge is 0.270 e. The van der Waals surface area contributed by atoms with E-state index in [1.807, 2.05) is 24.3 Å². The van der Waals surface area contributed by atoms with E-state index in [4.69, 9.17) is 4.74 Å². The molecule has 2 heterocycles. The van der Waals surface area contributed by atoms with Crippen LogP contribution >= 0.6 is 11.3 Å². The zero-order valence-corrected chi connectivity index (χ0v) is 13.6. The standard InChI is InChI=1S/C17H11N3O4S/c21-16(10-4-3-5-11(8-10)20(22)23)19-17-18-15-12-6-1-2-7-13(12)24-9-14(15)25-17/h1-8H,9H2,(H,18,19,21). The Morgan fingerprint density at radius 2 is 2.08 bits per heavy atom. The van der Waals surface area contributed by atoms with E-state index >= 15 is 0 Å². The molecule has 3 aromatic rings. The van der Waals surface area contributed by atoms with E-state index in [-0.39, 0.29) is 11.3 Å². The Labute approximate surface area is 146 Å². The molecule has 1 aromatic heterocycles. The number of ether oxygens (including phenoxy) is 1. The number of fused-ring (bicyclic) bond motifs is 3. The number of carbonyl (C=O) groups is 1. The Hall–Kier alpha value is -3.26. The van der Waals surface area contributed by atoms with Crippen LogP contribution in [-0.2, 0) is 6.61 Å². The SMILES string of the molecule is O=C(Nc1nc2c(s1)COc1ccccc1-2)c1cccc([N+](=O)[O-])c1. The number of non-ortho nitro benzene ring substituents is 1. The lowest BCUT2D eigenvalue weighted by Gasteiger charge is -2.15. The minimum absolute atomic E-state index is 0.131. The Morgan fingerprint density at radius 3 is 2.92 bits per heavy atom. The van der Waals surface area contributed by atoms with Crippen LogP contribution in [-0.4, -0.2) is 15.8 Å². The molecule has 0 saturated carbocycles. The molecule has 1 aliphatic rings. The number of nitrogens with zero attached hydrogens (tertiary/aromatic N) is 2. The third kappa shape index (κ3) is 2.83. The summed E-state index contributed by atoms with van der Waals surface area (Å²) in [5, 5.41) is 14.0. The van der Waals surface area contributed by atoms with Crippen LogP contribution in [0.1, 0.15) is 15.2 Å². The lowest BCUT2D eigenvalue weighted by Crippen LogP contribution is -2.11. The van der Waals surface area contributed by atoms with Gasteiger partial charge in [0, 0.05) is 23.3 Å². The third-order valence-electron chi connectivity index (χ3n) is 3.74. The second-order valence-corrected chi connectivity index (χ2v) is 6.42. The molecule has 4 rings (SSSR count). The van der Waals surface area contributed by atoms with Gasteiger partial charge in [0.25, 0.3) is 11.6 Å². The molecule has 124 valence electrons. The fraction of sp³-hybridized carbons (Fsp3) is 0.0588. The lowest BCUT2D eigenvalue weighted by atomic mass is 10.1. The first kappa shape index (κ1) is 15.3. The normalized spacial score (nSPS) is 11.8. The van der Waals surface area contributed by atoms with E-state index in [0.29, 0.717) is 11.7 Å². The number of hydrogen-bond donors (Lipinski definition) is 1. The van der Waals surface area contributed by atoms with Gasteiger partial charge in [-0.25, -0.2) is 4.98 Å². The van der Waals surface area contributed by atoms with Crippen LogP contribution in [0.3, 0.4) is 0 Å². The van der Waals surface area contributed by atoms with Crippen molar-refractivity contribution < 1.29 is 14.5 Å². The fourth-order valence-electron chi connectivity index (χ4n) is 2.57. The van der Waals surface area contributed by atoms with Crippen molar-refractivity contribution in [3.05, 3.63) is 69.1 Å². The molecule has 0 atom stereocenters. The van der Waals surface area contributed by atoms with Crippen molar-refractivity contribution in [3.63, 3.8) is 0 Å². The van der Waals surface area contributed by atoms with Crippen molar-refractivity contribution in [3.8, 4) is 17.0 Å². The van der Waals surface area contributed by atoms with Crippen molar-refractivity contribution in [2.75, 3.05) is 5.32 Å². The van der Waals surface area contributed by atoms with E-state index in [0.717, 1.165) is 21.9 Å². The maximum Gasteiger partial charge on any atom is 0.270 e. The van der Waals surface area contributed by atoms with E-state index in [2.05, 4.69) is 10.3 Å². The van der Waals surface area contributed by atoms with Crippen LogP contribution in [0, 0.1) is 10.1 Å². The summed E-state index contributed by atoms with van der Waals surface area (Å²) in [7, 11) is 0. The number of thiazole rings is 1. The van der Waals surface area contributed by atoms with Gasteiger partial charge in [0.2, 0.25) is 0 Å². The average Bonchev–Trinajstić information content (AvgIpc) is 3.04. The molecule has 25 heavy (non-hydrogen) atoms. The summed E-state index contributed by atoms with van der Waals surface area (Å²) in [5.74, 6) is 0.320. The minimum Gasteiger partial charge on any atom is -0.487 e. The van der Waals surface area contributed by atoms with E-state index in [1.165, 1.54) is 35.6 Å². The molecule has 0 bridgehead atoms. The van der Waals surface area contributed by atoms with Crippen LogP contribution in [0.4, 0.5) is 10.8 Å². The molecule has 0 aliphatic carbocycles. The highest BCUT2D eigenvalue weighted by atomic mass is 32.1. The van der Waals surface area contributed by atoms with Gasteiger partial charge < -0.3 is 4.74 Å². The summed E-state index contributed by atoms with van der Waals surface area (Å²) in [5.41, 5.74) is 1.75. The summed E-state index contributed by atoms with van der Waals surface area (Å²) in [6, 6.07) is 13.2. The van der Waals surface area contributed by atoms with E-state index < -0.39 is 10.8 Å². The Bertz CT molecular complexity index is 999. The van der Waals surface area contributed by atoms with Crippen LogP contribution in [0.2, 0.25) is 0 Å². The number of amides is 1. The zero-order chi connectivity index (χ0) is 17.4. The van der Waals surface area contributed by atoms with Crippen molar-refractivity contribution in [1.29, 1.82) is 0 Å². The molecule has 0 saturated heterocycles. The molecule has 0 fully saturated rings. The molecule has 8 heteroatoms. The zero-order valence-electron chi connectivity index (χ0n) is 12.8. The first-order valence-electron chi connectivity index (χ1n) is 7.39. The van der Waals surface area contributed by atoms with Gasteiger partial charge in [-0.2, -0.15) is 0 Å². The van der Waals surface area contributed by atoms with Crippen LogP contribution in [0.5, 0.6) is 5.75 Å². The van der Waals surface area contributed by atoms with Gasteiger partial charge in [-0.15, -0.1) is 0 Å². The molecule has 1 N–H and O–H groups in total. The largest absolute Gasteiger partial charge is 0.487 e. The Morgan fingerprint density at radius 1 is 1.24 bits per heavy atom. The average molecular weight is 353 g/mol.